The van der Waals surface area contributed by atoms with E-state index in [2.05, 4.69) is 4.98 Å². The molecule has 1 fully saturated rings. The monoisotopic (exact) mass is 399 g/mol. The van der Waals surface area contributed by atoms with E-state index in [1.54, 1.807) is 20.3 Å². The molecule has 0 N–H and O–H groups in total. The summed E-state index contributed by atoms with van der Waals surface area (Å²) in [6.45, 7) is 0.621. The summed E-state index contributed by atoms with van der Waals surface area (Å²) in [5, 5.41) is 1.83. The normalized spacial score (nSPS) is 16.5. The van der Waals surface area contributed by atoms with Crippen molar-refractivity contribution in [1.82, 2.24) is 14.5 Å². The highest BCUT2D eigenvalue weighted by Crippen LogP contribution is 2.39. The molecule has 0 radical (unpaired) electrons. The van der Waals surface area contributed by atoms with E-state index in [0.29, 0.717) is 16.8 Å². The third-order valence-electron chi connectivity index (χ3n) is 5.11. The van der Waals surface area contributed by atoms with Gasteiger partial charge in [-0.3, -0.25) is 14.2 Å². The Bertz CT molecular complexity index is 1070. The molecule has 2 aromatic heterocycles. The van der Waals surface area contributed by atoms with Crippen molar-refractivity contribution in [3.63, 3.8) is 0 Å². The molecule has 146 valence electrons. The van der Waals surface area contributed by atoms with E-state index in [0.717, 1.165) is 29.9 Å². The van der Waals surface area contributed by atoms with Crippen LogP contribution in [0.3, 0.4) is 0 Å². The number of methoxy groups -OCH3 is 2. The van der Waals surface area contributed by atoms with E-state index >= 15 is 0 Å². The van der Waals surface area contributed by atoms with Crippen LogP contribution in [0.1, 0.15) is 24.4 Å². The molecule has 1 aromatic carbocycles. The van der Waals surface area contributed by atoms with E-state index < -0.39 is 0 Å². The lowest BCUT2D eigenvalue weighted by Gasteiger charge is -2.27. The number of benzene rings is 1. The van der Waals surface area contributed by atoms with Crippen LogP contribution in [0.15, 0.2) is 40.8 Å². The Morgan fingerprint density at radius 1 is 1.29 bits per heavy atom. The largest absolute Gasteiger partial charge is 0.497 e. The van der Waals surface area contributed by atoms with Gasteiger partial charge in [-0.1, -0.05) is 0 Å². The summed E-state index contributed by atoms with van der Waals surface area (Å²) in [6, 6.07) is 7.31. The third-order valence-corrected chi connectivity index (χ3v) is 6.00. The molecule has 0 unspecified atom stereocenters. The van der Waals surface area contributed by atoms with Crippen LogP contribution >= 0.6 is 11.3 Å². The average molecular weight is 399 g/mol. The Kier molecular flexibility index (Phi) is 5.04. The standard InChI is InChI=1S/C20H21N3O4S/c1-26-13-5-6-17(27-2)14(10-13)16-4-3-8-23(16)18(24)11-22-12-21-15-7-9-28-19(15)20(22)25/h5-7,9-10,12,16H,3-4,8,11H2,1-2H3/t16-/m0/s1. The van der Waals surface area contributed by atoms with Gasteiger partial charge in [0.25, 0.3) is 5.56 Å². The van der Waals surface area contributed by atoms with Gasteiger partial charge < -0.3 is 14.4 Å². The van der Waals surface area contributed by atoms with Gasteiger partial charge in [0.2, 0.25) is 5.91 Å². The van der Waals surface area contributed by atoms with Gasteiger partial charge in [-0.05, 0) is 42.5 Å². The van der Waals surface area contributed by atoms with Gasteiger partial charge in [0.05, 0.1) is 32.1 Å². The summed E-state index contributed by atoms with van der Waals surface area (Å²) in [6.07, 6.45) is 3.19. The van der Waals surface area contributed by atoms with Crippen LogP contribution in [0.4, 0.5) is 0 Å². The van der Waals surface area contributed by atoms with Crippen LogP contribution in [0.5, 0.6) is 11.5 Å². The number of rotatable bonds is 5. The van der Waals surface area contributed by atoms with Crippen molar-refractivity contribution in [3.05, 3.63) is 51.9 Å². The summed E-state index contributed by atoms with van der Waals surface area (Å²) in [4.78, 5) is 31.7. The molecule has 4 rings (SSSR count). The van der Waals surface area contributed by atoms with Crippen molar-refractivity contribution in [2.75, 3.05) is 20.8 Å². The van der Waals surface area contributed by atoms with Gasteiger partial charge in [-0.25, -0.2) is 4.98 Å². The summed E-state index contributed by atoms with van der Waals surface area (Å²) in [7, 11) is 3.23. The van der Waals surface area contributed by atoms with Gasteiger partial charge >= 0.3 is 0 Å². The van der Waals surface area contributed by atoms with Gasteiger partial charge in [0.15, 0.2) is 0 Å². The van der Waals surface area contributed by atoms with Gasteiger partial charge in [0.1, 0.15) is 22.7 Å². The number of hydrogen-bond donors (Lipinski definition) is 0. The Labute approximate surface area is 166 Å². The number of ether oxygens (including phenoxy) is 2. The van der Waals surface area contributed by atoms with Crippen molar-refractivity contribution in [1.29, 1.82) is 0 Å². The average Bonchev–Trinajstić information content (AvgIpc) is 3.39. The number of likely N-dealkylation sites (tertiary alicyclic amines) is 1. The molecule has 1 aliphatic heterocycles. The van der Waals surface area contributed by atoms with Crippen molar-refractivity contribution in [2.45, 2.75) is 25.4 Å². The molecule has 1 amide bonds. The van der Waals surface area contributed by atoms with Crippen molar-refractivity contribution >= 4 is 27.5 Å². The molecule has 3 aromatic rings. The van der Waals surface area contributed by atoms with Crippen LogP contribution in [0, 0.1) is 0 Å². The first-order valence-electron chi connectivity index (χ1n) is 9.06. The van der Waals surface area contributed by atoms with Gasteiger partial charge in [-0.2, -0.15) is 0 Å². The van der Waals surface area contributed by atoms with E-state index in [-0.39, 0.29) is 24.1 Å². The number of nitrogens with zero attached hydrogens (tertiary/aromatic N) is 3. The Hall–Kier alpha value is -2.87. The fourth-order valence-electron chi connectivity index (χ4n) is 3.72. The van der Waals surface area contributed by atoms with Crippen molar-refractivity contribution in [2.24, 2.45) is 0 Å². The smallest absolute Gasteiger partial charge is 0.271 e. The van der Waals surface area contributed by atoms with E-state index in [4.69, 9.17) is 9.47 Å². The Morgan fingerprint density at radius 3 is 2.93 bits per heavy atom. The fraction of sp³-hybridized carbons (Fsp3) is 0.350. The maximum atomic E-state index is 13.0. The number of amides is 1. The van der Waals surface area contributed by atoms with E-state index in [9.17, 15) is 9.59 Å². The first-order chi connectivity index (χ1) is 13.6. The Balaban J connectivity index is 1.62. The second kappa shape index (κ2) is 7.63. The number of carbonyl (C=O) groups is 1. The zero-order valence-electron chi connectivity index (χ0n) is 15.8. The molecule has 7 nitrogen and oxygen atoms in total. The second-order valence-electron chi connectivity index (χ2n) is 6.67. The SMILES string of the molecule is COc1ccc(OC)c([C@@H]2CCCN2C(=O)Cn2cnc3ccsc3c2=O)c1. The molecule has 28 heavy (non-hydrogen) atoms. The number of fused-ring (bicyclic) bond motifs is 1. The van der Waals surface area contributed by atoms with Gasteiger partial charge in [-0.15, -0.1) is 11.3 Å². The lowest BCUT2D eigenvalue weighted by Crippen LogP contribution is -2.36. The predicted octanol–water partition coefficient (Wildman–Crippen LogP) is 2.84. The second-order valence-corrected chi connectivity index (χ2v) is 7.58. The van der Waals surface area contributed by atoms with Crippen LogP contribution in [0.2, 0.25) is 0 Å². The molecule has 0 aliphatic carbocycles. The minimum atomic E-state index is -0.178. The molecule has 0 saturated carbocycles. The van der Waals surface area contributed by atoms with Gasteiger partial charge in [0, 0.05) is 12.1 Å². The van der Waals surface area contributed by atoms with E-state index in [1.807, 2.05) is 28.5 Å². The highest BCUT2D eigenvalue weighted by molar-refractivity contribution is 7.17. The first-order valence-corrected chi connectivity index (χ1v) is 9.94. The highest BCUT2D eigenvalue weighted by atomic mass is 32.1. The minimum absolute atomic E-state index is 0.0253. The number of hydrogen-bond acceptors (Lipinski definition) is 6. The highest BCUT2D eigenvalue weighted by Gasteiger charge is 2.32. The van der Waals surface area contributed by atoms with Crippen molar-refractivity contribution < 1.29 is 14.3 Å². The fourth-order valence-corrected chi connectivity index (χ4v) is 4.51. The summed E-state index contributed by atoms with van der Waals surface area (Å²) < 4.78 is 12.8. The molecule has 3 heterocycles. The first kappa shape index (κ1) is 18.5. The lowest BCUT2D eigenvalue weighted by atomic mass is 10.0. The summed E-state index contributed by atoms with van der Waals surface area (Å²) in [5.74, 6) is 1.34. The number of carbonyl (C=O) groups excluding carboxylic acids is 1. The Morgan fingerprint density at radius 2 is 2.14 bits per heavy atom. The predicted molar refractivity (Wildman–Crippen MR) is 107 cm³/mol. The quantitative estimate of drug-likeness (QED) is 0.660. The molecule has 0 spiro atoms. The maximum Gasteiger partial charge on any atom is 0.271 e. The third kappa shape index (κ3) is 3.24. The number of aromatic nitrogens is 2. The topological polar surface area (TPSA) is 73.7 Å². The number of thiophene rings is 1. The molecule has 1 saturated heterocycles. The summed E-state index contributed by atoms with van der Waals surface area (Å²) in [5.41, 5.74) is 1.41. The molecular formula is C20H21N3O4S. The zero-order chi connectivity index (χ0) is 19.7. The van der Waals surface area contributed by atoms with Crippen LogP contribution in [-0.4, -0.2) is 41.1 Å². The zero-order valence-corrected chi connectivity index (χ0v) is 16.6. The van der Waals surface area contributed by atoms with Crippen LogP contribution in [0.25, 0.3) is 10.2 Å². The maximum absolute atomic E-state index is 13.0. The van der Waals surface area contributed by atoms with E-state index in [1.165, 1.54) is 22.2 Å². The van der Waals surface area contributed by atoms with Crippen LogP contribution in [-0.2, 0) is 11.3 Å². The van der Waals surface area contributed by atoms with Crippen molar-refractivity contribution in [3.8, 4) is 11.5 Å². The minimum Gasteiger partial charge on any atom is -0.497 e. The van der Waals surface area contributed by atoms with Crippen LogP contribution < -0.4 is 15.0 Å². The lowest BCUT2D eigenvalue weighted by molar-refractivity contribution is -0.132. The molecule has 8 heteroatoms. The molecular weight excluding hydrogens is 378 g/mol. The molecule has 0 bridgehead atoms. The molecule has 1 atom stereocenters. The molecule has 1 aliphatic rings. The summed E-state index contributed by atoms with van der Waals surface area (Å²) >= 11 is 1.34.